The van der Waals surface area contributed by atoms with Crippen molar-refractivity contribution in [2.24, 2.45) is 5.41 Å². The van der Waals surface area contributed by atoms with E-state index in [1.54, 1.807) is 0 Å². The Balaban J connectivity index is 0.00000110. The van der Waals surface area contributed by atoms with E-state index in [0.29, 0.717) is 23.3 Å². The summed E-state index contributed by atoms with van der Waals surface area (Å²) in [5, 5.41) is 3.44. The summed E-state index contributed by atoms with van der Waals surface area (Å²) >= 11 is 0. The molecule has 0 atom stereocenters. The van der Waals surface area contributed by atoms with E-state index in [2.05, 4.69) is 10.3 Å². The molecule has 0 bridgehead atoms. The number of carbonyl (C=O) groups excluding carboxylic acids is 1. The lowest BCUT2D eigenvalue weighted by molar-refractivity contribution is 0.0600. The molecule has 2 aliphatic rings. The number of likely N-dealkylation sites (tertiary alicyclic amines) is 1. The normalized spacial score (nSPS) is 20.0. The summed E-state index contributed by atoms with van der Waals surface area (Å²) < 4.78 is 5.25. The van der Waals surface area contributed by atoms with Crippen LogP contribution in [0.5, 0.6) is 0 Å². The van der Waals surface area contributed by atoms with E-state index in [1.807, 2.05) is 11.8 Å². The molecule has 5 nitrogen and oxygen atoms in total. The Bertz CT molecular complexity index is 463. The van der Waals surface area contributed by atoms with Gasteiger partial charge < -0.3 is 14.6 Å². The van der Waals surface area contributed by atoms with Crippen LogP contribution < -0.4 is 5.32 Å². The van der Waals surface area contributed by atoms with Crippen molar-refractivity contribution in [1.82, 2.24) is 15.2 Å². The average Bonchev–Trinajstić information content (AvgIpc) is 3.08. The van der Waals surface area contributed by atoms with Gasteiger partial charge in [0.15, 0.2) is 12.1 Å². The summed E-state index contributed by atoms with van der Waals surface area (Å²) in [5.74, 6) is 0.735. The Hall–Kier alpha value is -0.780. The van der Waals surface area contributed by atoms with E-state index in [0.717, 1.165) is 39.0 Å². The topological polar surface area (TPSA) is 58.4 Å². The van der Waals surface area contributed by atoms with Crippen LogP contribution in [0.2, 0.25) is 0 Å². The van der Waals surface area contributed by atoms with E-state index in [1.165, 1.54) is 12.8 Å². The second-order valence-corrected chi connectivity index (χ2v) is 5.70. The maximum Gasteiger partial charge on any atom is 0.276 e. The zero-order chi connectivity index (χ0) is 13.3. The van der Waals surface area contributed by atoms with Crippen molar-refractivity contribution in [3.8, 4) is 0 Å². The Morgan fingerprint density at radius 1 is 1.38 bits per heavy atom. The van der Waals surface area contributed by atoms with E-state index >= 15 is 0 Å². The van der Waals surface area contributed by atoms with E-state index < -0.39 is 0 Å². The highest BCUT2D eigenvalue weighted by atomic mass is 35.5. The zero-order valence-corrected chi connectivity index (χ0v) is 13.9. The molecule has 1 spiro atoms. The number of piperidine rings is 1. The number of oxazole rings is 1. The van der Waals surface area contributed by atoms with Crippen molar-refractivity contribution in [2.45, 2.75) is 32.6 Å². The molecular weight excluding hydrogens is 313 g/mol. The summed E-state index contributed by atoms with van der Waals surface area (Å²) in [6.07, 6.45) is 5.54. The number of rotatable bonds is 2. The molecule has 2 fully saturated rings. The zero-order valence-electron chi connectivity index (χ0n) is 12.3. The molecule has 21 heavy (non-hydrogen) atoms. The lowest BCUT2D eigenvalue weighted by Gasteiger charge is -2.38. The highest BCUT2D eigenvalue weighted by Crippen LogP contribution is 2.37. The monoisotopic (exact) mass is 335 g/mol. The fraction of sp³-hybridized carbons (Fsp3) is 0.714. The summed E-state index contributed by atoms with van der Waals surface area (Å²) in [4.78, 5) is 18.4. The third-order valence-corrected chi connectivity index (χ3v) is 4.61. The van der Waals surface area contributed by atoms with Crippen molar-refractivity contribution < 1.29 is 9.21 Å². The van der Waals surface area contributed by atoms with Gasteiger partial charge in [-0.1, -0.05) is 6.92 Å². The third-order valence-electron chi connectivity index (χ3n) is 4.61. The Morgan fingerprint density at radius 3 is 2.67 bits per heavy atom. The van der Waals surface area contributed by atoms with Crippen LogP contribution in [0, 0.1) is 5.41 Å². The largest absolute Gasteiger partial charge is 0.448 e. The molecule has 3 heterocycles. The van der Waals surface area contributed by atoms with Crippen LogP contribution in [0.4, 0.5) is 0 Å². The van der Waals surface area contributed by atoms with Crippen molar-refractivity contribution in [1.29, 1.82) is 0 Å². The van der Waals surface area contributed by atoms with Gasteiger partial charge in [-0.3, -0.25) is 4.79 Å². The number of aromatic nitrogens is 1. The van der Waals surface area contributed by atoms with E-state index in [4.69, 9.17) is 4.42 Å². The number of hydrogen-bond donors (Lipinski definition) is 1. The van der Waals surface area contributed by atoms with Crippen LogP contribution in [0.15, 0.2) is 10.8 Å². The van der Waals surface area contributed by atoms with E-state index in [9.17, 15) is 4.79 Å². The molecule has 3 rings (SSSR count). The van der Waals surface area contributed by atoms with Crippen LogP contribution in [-0.2, 0) is 6.42 Å². The molecule has 1 aromatic rings. The van der Waals surface area contributed by atoms with Gasteiger partial charge in [0.1, 0.15) is 5.76 Å². The molecule has 1 aromatic heterocycles. The molecule has 0 saturated carbocycles. The molecule has 2 aliphatic heterocycles. The predicted molar refractivity (Wildman–Crippen MR) is 85.4 cm³/mol. The minimum absolute atomic E-state index is 0. The van der Waals surface area contributed by atoms with Gasteiger partial charge in [-0.05, 0) is 31.2 Å². The lowest BCUT2D eigenvalue weighted by atomic mass is 9.78. The molecule has 1 N–H and O–H groups in total. The second-order valence-electron chi connectivity index (χ2n) is 5.70. The SMILES string of the molecule is CCc1ocnc1C(=O)N1CCC2(CCNC2)CC1.Cl.Cl. The first-order valence-electron chi connectivity index (χ1n) is 7.16. The molecule has 0 unspecified atom stereocenters. The summed E-state index contributed by atoms with van der Waals surface area (Å²) in [7, 11) is 0. The lowest BCUT2D eigenvalue weighted by Crippen LogP contribution is -2.44. The first kappa shape index (κ1) is 18.3. The molecular formula is C14H23Cl2N3O2. The molecule has 0 aliphatic carbocycles. The standard InChI is InChI=1S/C14H21N3O2.2ClH/c1-2-11-12(16-10-19-11)13(18)17-7-4-14(5-8-17)3-6-15-9-14;;/h10,15H,2-9H2,1H3;2*1H. The molecule has 0 aromatic carbocycles. The van der Waals surface area contributed by atoms with Gasteiger partial charge in [-0.25, -0.2) is 4.98 Å². The smallest absolute Gasteiger partial charge is 0.276 e. The van der Waals surface area contributed by atoms with Crippen molar-refractivity contribution >= 4 is 30.7 Å². The average molecular weight is 336 g/mol. The maximum absolute atomic E-state index is 12.4. The maximum atomic E-state index is 12.4. The van der Waals surface area contributed by atoms with Crippen LogP contribution in [-0.4, -0.2) is 42.0 Å². The predicted octanol–water partition coefficient (Wildman–Crippen LogP) is 2.30. The first-order chi connectivity index (χ1) is 9.24. The van der Waals surface area contributed by atoms with E-state index in [-0.39, 0.29) is 30.7 Å². The summed E-state index contributed by atoms with van der Waals surface area (Å²) in [5.41, 5.74) is 0.941. The third kappa shape index (κ3) is 3.52. The van der Waals surface area contributed by atoms with Gasteiger partial charge in [-0.2, -0.15) is 0 Å². The van der Waals surface area contributed by atoms with Crippen molar-refractivity contribution in [2.75, 3.05) is 26.2 Å². The number of nitrogens with one attached hydrogen (secondary N) is 1. The number of hydrogen-bond acceptors (Lipinski definition) is 4. The Kier molecular flexibility index (Phi) is 6.50. The summed E-state index contributed by atoms with van der Waals surface area (Å²) in [6.45, 7) is 5.90. The fourth-order valence-corrected chi connectivity index (χ4v) is 3.25. The minimum Gasteiger partial charge on any atom is -0.448 e. The quantitative estimate of drug-likeness (QED) is 0.900. The van der Waals surface area contributed by atoms with Gasteiger partial charge in [0.25, 0.3) is 5.91 Å². The number of halogens is 2. The number of aryl methyl sites for hydroxylation is 1. The molecule has 1 amide bonds. The molecule has 7 heteroatoms. The Labute approximate surface area is 137 Å². The van der Waals surface area contributed by atoms with Crippen LogP contribution >= 0.6 is 24.8 Å². The first-order valence-corrected chi connectivity index (χ1v) is 7.16. The molecule has 2 saturated heterocycles. The van der Waals surface area contributed by atoms with Gasteiger partial charge in [0, 0.05) is 26.1 Å². The molecule has 0 radical (unpaired) electrons. The van der Waals surface area contributed by atoms with Crippen LogP contribution in [0.3, 0.4) is 0 Å². The van der Waals surface area contributed by atoms with Crippen LogP contribution in [0.25, 0.3) is 0 Å². The number of amides is 1. The van der Waals surface area contributed by atoms with Crippen LogP contribution in [0.1, 0.15) is 42.4 Å². The highest BCUT2D eigenvalue weighted by molar-refractivity contribution is 5.93. The number of carbonyl (C=O) groups is 1. The van der Waals surface area contributed by atoms with Gasteiger partial charge in [0.05, 0.1) is 0 Å². The highest BCUT2D eigenvalue weighted by Gasteiger charge is 2.38. The summed E-state index contributed by atoms with van der Waals surface area (Å²) in [6, 6.07) is 0. The second kappa shape index (κ2) is 7.47. The van der Waals surface area contributed by atoms with Gasteiger partial charge in [-0.15, -0.1) is 24.8 Å². The fourth-order valence-electron chi connectivity index (χ4n) is 3.25. The Morgan fingerprint density at radius 2 is 2.10 bits per heavy atom. The van der Waals surface area contributed by atoms with Gasteiger partial charge in [0.2, 0.25) is 0 Å². The molecule has 120 valence electrons. The van der Waals surface area contributed by atoms with Gasteiger partial charge >= 0.3 is 0 Å². The van der Waals surface area contributed by atoms with Crippen molar-refractivity contribution in [3.63, 3.8) is 0 Å². The van der Waals surface area contributed by atoms with Crippen molar-refractivity contribution in [3.05, 3.63) is 17.8 Å². The minimum atomic E-state index is 0. The number of nitrogens with zero attached hydrogens (tertiary/aromatic N) is 2.